The largest absolute Gasteiger partial charge is 0.464 e. The summed E-state index contributed by atoms with van der Waals surface area (Å²) in [7, 11) is 0. The van der Waals surface area contributed by atoms with E-state index < -0.39 is 0 Å². The monoisotopic (exact) mass is 246 g/mol. The average molecular weight is 247 g/mol. The maximum atomic E-state index is 5.49. The highest BCUT2D eigenvalue weighted by molar-refractivity contribution is 6.29. The van der Waals surface area contributed by atoms with E-state index in [4.69, 9.17) is 16.0 Å². The molecule has 0 radical (unpaired) electrons. The number of rotatable bonds is 0. The zero-order chi connectivity index (χ0) is 12.1. The van der Waals surface area contributed by atoms with Crippen LogP contribution in [0.1, 0.15) is 5.82 Å². The molecule has 3 nitrogen and oxygen atoms in total. The third kappa shape index (κ3) is 3.29. The number of aromatic nitrogens is 2. The first-order valence-corrected chi connectivity index (χ1v) is 5.51. The van der Waals surface area contributed by atoms with Crippen LogP contribution in [0.25, 0.3) is 11.0 Å². The third-order valence-electron chi connectivity index (χ3n) is 2.10. The van der Waals surface area contributed by atoms with Crippen molar-refractivity contribution in [2.24, 2.45) is 0 Å². The second-order valence-electron chi connectivity index (χ2n) is 3.39. The Balaban J connectivity index is 0.000000128. The fraction of sp³-hybridized carbons (Fsp3) is 0.0769. The highest BCUT2D eigenvalue weighted by Crippen LogP contribution is 2.12. The lowest BCUT2D eigenvalue weighted by molar-refractivity contribution is 0.616. The molecule has 3 aromatic rings. The molecule has 0 amide bonds. The molecule has 0 unspecified atom stereocenters. The van der Waals surface area contributed by atoms with Gasteiger partial charge in [-0.1, -0.05) is 29.8 Å². The van der Waals surface area contributed by atoms with Crippen LogP contribution in [0.15, 0.2) is 53.3 Å². The van der Waals surface area contributed by atoms with Crippen LogP contribution in [0.5, 0.6) is 0 Å². The summed E-state index contributed by atoms with van der Waals surface area (Å²) in [6.07, 6.45) is 3.33. The number of para-hydroxylation sites is 1. The first-order valence-electron chi connectivity index (χ1n) is 5.13. The molecule has 4 heteroatoms. The van der Waals surface area contributed by atoms with Crippen LogP contribution in [-0.4, -0.2) is 9.97 Å². The Morgan fingerprint density at radius 1 is 1.12 bits per heavy atom. The average Bonchev–Trinajstić information content (AvgIpc) is 2.77. The lowest BCUT2D eigenvalue weighted by Crippen LogP contribution is -1.83. The van der Waals surface area contributed by atoms with Crippen LogP contribution < -0.4 is 0 Å². The number of hydrogen-bond acceptors (Lipinski definition) is 3. The van der Waals surface area contributed by atoms with E-state index >= 15 is 0 Å². The van der Waals surface area contributed by atoms with Crippen LogP contribution in [0.4, 0.5) is 0 Å². The first-order chi connectivity index (χ1) is 8.25. The standard InChI is InChI=1S/C8H6O.C5H5ClN2/c1-2-4-8-7(3-1)5-6-9-8;1-4-7-3-2-5(6)8-4/h1-6H;2-3H,1H3. The van der Waals surface area contributed by atoms with Gasteiger partial charge in [0.05, 0.1) is 6.26 Å². The van der Waals surface area contributed by atoms with Crippen LogP contribution in [-0.2, 0) is 0 Å². The van der Waals surface area contributed by atoms with Crippen molar-refractivity contribution in [2.75, 3.05) is 0 Å². The molecule has 2 aromatic heterocycles. The van der Waals surface area contributed by atoms with E-state index in [1.807, 2.05) is 30.3 Å². The maximum Gasteiger partial charge on any atom is 0.133 e. The molecule has 0 aliphatic carbocycles. The Kier molecular flexibility index (Phi) is 3.73. The van der Waals surface area contributed by atoms with E-state index in [9.17, 15) is 0 Å². The van der Waals surface area contributed by atoms with Gasteiger partial charge in [0.1, 0.15) is 16.6 Å². The molecule has 3 rings (SSSR count). The van der Waals surface area contributed by atoms with Gasteiger partial charge in [0.2, 0.25) is 0 Å². The predicted octanol–water partition coefficient (Wildman–Crippen LogP) is 3.87. The van der Waals surface area contributed by atoms with E-state index in [0.29, 0.717) is 11.0 Å². The summed E-state index contributed by atoms with van der Waals surface area (Å²) in [6, 6.07) is 11.5. The number of hydrogen-bond donors (Lipinski definition) is 0. The van der Waals surface area contributed by atoms with Gasteiger partial charge in [0.25, 0.3) is 0 Å². The van der Waals surface area contributed by atoms with E-state index in [1.54, 1.807) is 25.5 Å². The van der Waals surface area contributed by atoms with Gasteiger partial charge in [0, 0.05) is 11.6 Å². The van der Waals surface area contributed by atoms with E-state index in [1.165, 1.54) is 0 Å². The molecule has 0 aliphatic rings. The SMILES string of the molecule is Cc1nccc(Cl)n1.c1ccc2occc2c1. The smallest absolute Gasteiger partial charge is 0.133 e. The third-order valence-corrected chi connectivity index (χ3v) is 2.31. The molecule has 0 saturated heterocycles. The van der Waals surface area contributed by atoms with Crippen molar-refractivity contribution in [1.29, 1.82) is 0 Å². The van der Waals surface area contributed by atoms with Gasteiger partial charge in [-0.3, -0.25) is 0 Å². The maximum absolute atomic E-state index is 5.49. The van der Waals surface area contributed by atoms with Crippen LogP contribution in [0, 0.1) is 6.92 Å². The Morgan fingerprint density at radius 2 is 1.94 bits per heavy atom. The molecule has 0 atom stereocenters. The summed E-state index contributed by atoms with van der Waals surface area (Å²) in [5, 5.41) is 1.66. The molecule has 0 aliphatic heterocycles. The van der Waals surface area contributed by atoms with Crippen LogP contribution >= 0.6 is 11.6 Å². The van der Waals surface area contributed by atoms with Crippen molar-refractivity contribution in [1.82, 2.24) is 9.97 Å². The number of furan rings is 1. The van der Waals surface area contributed by atoms with E-state index in [-0.39, 0.29) is 0 Å². The summed E-state index contributed by atoms with van der Waals surface area (Å²) < 4.78 is 5.12. The van der Waals surface area contributed by atoms with Crippen LogP contribution in [0.2, 0.25) is 5.15 Å². The van der Waals surface area contributed by atoms with E-state index in [0.717, 1.165) is 11.0 Å². The summed E-state index contributed by atoms with van der Waals surface area (Å²) in [5.74, 6) is 0.706. The van der Waals surface area contributed by atoms with Crippen molar-refractivity contribution in [3.05, 3.63) is 59.8 Å². The summed E-state index contributed by atoms with van der Waals surface area (Å²) in [5.41, 5.74) is 0.956. The van der Waals surface area contributed by atoms with Gasteiger partial charge in [-0.2, -0.15) is 0 Å². The molecule has 2 heterocycles. The highest BCUT2D eigenvalue weighted by atomic mass is 35.5. The second kappa shape index (κ2) is 5.46. The minimum absolute atomic E-state index is 0.498. The number of halogens is 1. The molecule has 0 N–H and O–H groups in total. The summed E-state index contributed by atoms with van der Waals surface area (Å²) in [4.78, 5) is 7.67. The van der Waals surface area contributed by atoms with Crippen molar-refractivity contribution in [2.45, 2.75) is 6.92 Å². The molecule has 0 bridgehead atoms. The Morgan fingerprint density at radius 3 is 2.59 bits per heavy atom. The molecule has 86 valence electrons. The molecule has 0 fully saturated rings. The summed E-state index contributed by atoms with van der Waals surface area (Å²) in [6.45, 7) is 1.80. The second-order valence-corrected chi connectivity index (χ2v) is 3.77. The minimum atomic E-state index is 0.498. The molecular weight excluding hydrogens is 236 g/mol. The first kappa shape index (κ1) is 11.6. The Labute approximate surface area is 104 Å². The minimum Gasteiger partial charge on any atom is -0.464 e. The van der Waals surface area contributed by atoms with Crippen molar-refractivity contribution < 1.29 is 4.42 Å². The molecule has 17 heavy (non-hydrogen) atoms. The fourth-order valence-corrected chi connectivity index (χ4v) is 1.51. The normalized spacial score (nSPS) is 9.76. The lowest BCUT2D eigenvalue weighted by Gasteiger charge is -1.87. The van der Waals surface area contributed by atoms with Gasteiger partial charge < -0.3 is 4.42 Å². The highest BCUT2D eigenvalue weighted by Gasteiger charge is 1.89. The summed E-state index contributed by atoms with van der Waals surface area (Å²) >= 11 is 5.49. The Bertz CT molecular complexity index is 559. The predicted molar refractivity (Wildman–Crippen MR) is 68.0 cm³/mol. The topological polar surface area (TPSA) is 38.9 Å². The number of fused-ring (bicyclic) bond motifs is 1. The van der Waals surface area contributed by atoms with Crippen LogP contribution in [0.3, 0.4) is 0 Å². The Hall–Kier alpha value is -1.87. The zero-order valence-electron chi connectivity index (χ0n) is 9.30. The van der Waals surface area contributed by atoms with Crippen molar-refractivity contribution in [3.63, 3.8) is 0 Å². The number of nitrogens with zero attached hydrogens (tertiary/aromatic N) is 2. The molecular formula is C13H11ClN2O. The quantitative estimate of drug-likeness (QED) is 0.565. The molecule has 1 aromatic carbocycles. The zero-order valence-corrected chi connectivity index (χ0v) is 10.1. The van der Waals surface area contributed by atoms with Gasteiger partial charge in [0.15, 0.2) is 0 Å². The van der Waals surface area contributed by atoms with Gasteiger partial charge in [-0.15, -0.1) is 0 Å². The van der Waals surface area contributed by atoms with Gasteiger partial charge >= 0.3 is 0 Å². The van der Waals surface area contributed by atoms with Gasteiger partial charge in [-0.05, 0) is 25.1 Å². The number of aryl methyl sites for hydroxylation is 1. The van der Waals surface area contributed by atoms with Crippen molar-refractivity contribution in [3.8, 4) is 0 Å². The number of benzene rings is 1. The lowest BCUT2D eigenvalue weighted by atomic mass is 10.3. The molecule has 0 saturated carbocycles. The molecule has 0 spiro atoms. The fourth-order valence-electron chi connectivity index (χ4n) is 1.33. The van der Waals surface area contributed by atoms with Gasteiger partial charge in [-0.25, -0.2) is 9.97 Å². The van der Waals surface area contributed by atoms with E-state index in [2.05, 4.69) is 9.97 Å². The van der Waals surface area contributed by atoms with Crippen molar-refractivity contribution >= 4 is 22.6 Å².